The van der Waals surface area contributed by atoms with Gasteiger partial charge in [-0.15, -0.1) is 0 Å². The molecular weight excluding hydrogens is 228 g/mol. The third-order valence-electron chi connectivity index (χ3n) is 5.22. The van der Waals surface area contributed by atoms with Crippen LogP contribution < -0.4 is 0 Å². The van der Waals surface area contributed by atoms with Gasteiger partial charge in [-0.3, -0.25) is 4.79 Å². The van der Waals surface area contributed by atoms with Crippen LogP contribution in [0.15, 0.2) is 0 Å². The molecular formula is C15H26O3. The standard InChI is InChI=1S/C15H26O3/c1-11(12(2)14(16)17)13-6-9-18-15(10-13)7-4-3-5-8-15/h11-13H,3-10H2,1-2H3,(H,16,17). The summed E-state index contributed by atoms with van der Waals surface area (Å²) in [7, 11) is 0. The van der Waals surface area contributed by atoms with Gasteiger partial charge in [0, 0.05) is 6.61 Å². The number of hydrogen-bond donors (Lipinski definition) is 1. The lowest BCUT2D eigenvalue weighted by atomic mass is 9.70. The average Bonchev–Trinajstić information content (AvgIpc) is 2.38. The molecule has 0 aromatic carbocycles. The summed E-state index contributed by atoms with van der Waals surface area (Å²) < 4.78 is 6.08. The summed E-state index contributed by atoms with van der Waals surface area (Å²) >= 11 is 0. The minimum Gasteiger partial charge on any atom is -0.481 e. The molecule has 1 N–H and O–H groups in total. The maximum absolute atomic E-state index is 11.1. The summed E-state index contributed by atoms with van der Waals surface area (Å²) in [4.78, 5) is 11.1. The van der Waals surface area contributed by atoms with Crippen molar-refractivity contribution in [2.45, 2.75) is 64.4 Å². The molecule has 3 unspecified atom stereocenters. The van der Waals surface area contributed by atoms with Crippen LogP contribution in [0.25, 0.3) is 0 Å². The number of carbonyl (C=O) groups is 1. The molecule has 2 aliphatic rings. The van der Waals surface area contributed by atoms with Crippen molar-refractivity contribution >= 4 is 5.97 Å². The molecule has 18 heavy (non-hydrogen) atoms. The number of carboxylic acids is 1. The number of carboxylic acid groups (broad SMARTS) is 1. The summed E-state index contributed by atoms with van der Waals surface area (Å²) in [6, 6.07) is 0. The Bertz CT molecular complexity index is 289. The van der Waals surface area contributed by atoms with Gasteiger partial charge in [0.25, 0.3) is 0 Å². The van der Waals surface area contributed by atoms with Gasteiger partial charge in [-0.1, -0.05) is 33.1 Å². The minimum atomic E-state index is -0.660. The van der Waals surface area contributed by atoms with Gasteiger partial charge in [0.1, 0.15) is 0 Å². The first-order chi connectivity index (χ1) is 8.54. The van der Waals surface area contributed by atoms with E-state index in [0.717, 1.165) is 19.4 Å². The van der Waals surface area contributed by atoms with Crippen LogP contribution in [0.1, 0.15) is 58.8 Å². The third-order valence-corrected chi connectivity index (χ3v) is 5.22. The van der Waals surface area contributed by atoms with Crippen molar-refractivity contribution in [3.8, 4) is 0 Å². The van der Waals surface area contributed by atoms with E-state index in [1.54, 1.807) is 0 Å². The normalized spacial score (nSPS) is 30.9. The van der Waals surface area contributed by atoms with Crippen molar-refractivity contribution in [2.75, 3.05) is 6.61 Å². The van der Waals surface area contributed by atoms with E-state index in [-0.39, 0.29) is 17.4 Å². The van der Waals surface area contributed by atoms with Gasteiger partial charge in [-0.05, 0) is 37.5 Å². The first-order valence-corrected chi connectivity index (χ1v) is 7.41. The van der Waals surface area contributed by atoms with Crippen LogP contribution in [-0.4, -0.2) is 23.3 Å². The Morgan fingerprint density at radius 2 is 1.94 bits per heavy atom. The van der Waals surface area contributed by atoms with Gasteiger partial charge >= 0.3 is 5.97 Å². The largest absolute Gasteiger partial charge is 0.481 e. The average molecular weight is 254 g/mol. The fourth-order valence-corrected chi connectivity index (χ4v) is 3.69. The van der Waals surface area contributed by atoms with Crippen molar-refractivity contribution in [1.82, 2.24) is 0 Å². The number of hydrogen-bond acceptors (Lipinski definition) is 2. The Morgan fingerprint density at radius 3 is 2.56 bits per heavy atom. The van der Waals surface area contributed by atoms with Crippen LogP contribution in [0.5, 0.6) is 0 Å². The molecule has 1 aliphatic heterocycles. The Hall–Kier alpha value is -0.570. The van der Waals surface area contributed by atoms with Gasteiger partial charge < -0.3 is 9.84 Å². The van der Waals surface area contributed by atoms with Crippen LogP contribution in [0.2, 0.25) is 0 Å². The summed E-state index contributed by atoms with van der Waals surface area (Å²) in [6.45, 7) is 4.77. The zero-order chi connectivity index (χ0) is 13.2. The first kappa shape index (κ1) is 13.9. The van der Waals surface area contributed by atoms with Crippen molar-refractivity contribution in [3.05, 3.63) is 0 Å². The lowest BCUT2D eigenvalue weighted by molar-refractivity contribution is -0.149. The molecule has 3 nitrogen and oxygen atoms in total. The maximum atomic E-state index is 11.1. The maximum Gasteiger partial charge on any atom is 0.306 e. The molecule has 0 bridgehead atoms. The van der Waals surface area contributed by atoms with Crippen molar-refractivity contribution < 1.29 is 14.6 Å². The van der Waals surface area contributed by atoms with Crippen molar-refractivity contribution in [2.24, 2.45) is 17.8 Å². The van der Waals surface area contributed by atoms with Crippen LogP contribution in [0.4, 0.5) is 0 Å². The molecule has 0 aromatic heterocycles. The molecule has 1 saturated carbocycles. The first-order valence-electron chi connectivity index (χ1n) is 7.41. The highest BCUT2D eigenvalue weighted by molar-refractivity contribution is 5.69. The number of ether oxygens (including phenoxy) is 1. The van der Waals surface area contributed by atoms with Gasteiger partial charge in [0.2, 0.25) is 0 Å². The monoisotopic (exact) mass is 254 g/mol. The van der Waals surface area contributed by atoms with Crippen LogP contribution >= 0.6 is 0 Å². The molecule has 1 saturated heterocycles. The Morgan fingerprint density at radius 1 is 1.28 bits per heavy atom. The quantitative estimate of drug-likeness (QED) is 0.838. The van der Waals surface area contributed by atoms with E-state index < -0.39 is 5.97 Å². The van der Waals surface area contributed by atoms with Gasteiger partial charge in [-0.25, -0.2) is 0 Å². The molecule has 1 heterocycles. The van der Waals surface area contributed by atoms with Gasteiger partial charge in [0.15, 0.2) is 0 Å². The molecule has 104 valence electrons. The molecule has 3 atom stereocenters. The highest BCUT2D eigenvalue weighted by atomic mass is 16.5. The second-order valence-electron chi connectivity index (χ2n) is 6.33. The third kappa shape index (κ3) is 2.87. The van der Waals surface area contributed by atoms with E-state index in [0.29, 0.717) is 5.92 Å². The summed E-state index contributed by atoms with van der Waals surface area (Å²) in [6.07, 6.45) is 8.34. The Balaban J connectivity index is 1.99. The highest BCUT2D eigenvalue weighted by Gasteiger charge is 2.41. The number of aliphatic carboxylic acids is 1. The number of rotatable bonds is 3. The van der Waals surface area contributed by atoms with E-state index >= 15 is 0 Å². The summed E-state index contributed by atoms with van der Waals surface area (Å²) in [5.41, 5.74) is 0.0909. The Kier molecular flexibility index (Phi) is 4.31. The van der Waals surface area contributed by atoms with Gasteiger partial charge in [-0.2, -0.15) is 0 Å². The molecule has 2 fully saturated rings. The predicted octanol–water partition coefficient (Wildman–Crippen LogP) is 3.47. The van der Waals surface area contributed by atoms with E-state index in [4.69, 9.17) is 9.84 Å². The van der Waals surface area contributed by atoms with Crippen molar-refractivity contribution in [3.63, 3.8) is 0 Å². The molecule has 0 aromatic rings. The SMILES string of the molecule is CC(C(=O)O)C(C)C1CCOC2(CCCCC2)C1. The fraction of sp³-hybridized carbons (Fsp3) is 0.933. The van der Waals surface area contributed by atoms with E-state index in [9.17, 15) is 4.79 Å². The van der Waals surface area contributed by atoms with Crippen LogP contribution in [0, 0.1) is 17.8 Å². The zero-order valence-electron chi connectivity index (χ0n) is 11.7. The second-order valence-corrected chi connectivity index (χ2v) is 6.33. The predicted molar refractivity (Wildman–Crippen MR) is 70.5 cm³/mol. The topological polar surface area (TPSA) is 46.5 Å². The van der Waals surface area contributed by atoms with E-state index in [1.165, 1.54) is 32.1 Å². The van der Waals surface area contributed by atoms with Crippen LogP contribution in [0.3, 0.4) is 0 Å². The summed E-state index contributed by atoms with van der Waals surface area (Å²) in [5, 5.41) is 9.15. The minimum absolute atomic E-state index is 0.0909. The van der Waals surface area contributed by atoms with Crippen LogP contribution in [-0.2, 0) is 9.53 Å². The van der Waals surface area contributed by atoms with Gasteiger partial charge in [0.05, 0.1) is 11.5 Å². The molecule has 2 rings (SSSR count). The Labute approximate surface area is 110 Å². The van der Waals surface area contributed by atoms with Crippen molar-refractivity contribution in [1.29, 1.82) is 0 Å². The molecule has 3 heteroatoms. The lowest BCUT2D eigenvalue weighted by Crippen LogP contribution is -2.44. The zero-order valence-corrected chi connectivity index (χ0v) is 11.7. The molecule has 0 amide bonds. The molecule has 1 aliphatic carbocycles. The summed E-state index contributed by atoms with van der Waals surface area (Å²) in [5.74, 6) is -0.131. The molecule has 0 radical (unpaired) electrons. The van der Waals surface area contributed by atoms with E-state index in [1.807, 2.05) is 6.92 Å². The second kappa shape index (κ2) is 5.60. The van der Waals surface area contributed by atoms with E-state index in [2.05, 4.69) is 6.92 Å². The highest BCUT2D eigenvalue weighted by Crippen LogP contribution is 2.43. The molecule has 1 spiro atoms. The smallest absolute Gasteiger partial charge is 0.306 e. The lowest BCUT2D eigenvalue weighted by Gasteiger charge is -2.45. The fourth-order valence-electron chi connectivity index (χ4n) is 3.69.